The summed E-state index contributed by atoms with van der Waals surface area (Å²) in [6.45, 7) is 0.437. The Kier molecular flexibility index (Phi) is 5.88. The quantitative estimate of drug-likeness (QED) is 0.822. The summed E-state index contributed by atoms with van der Waals surface area (Å²) in [5, 5.41) is 8.84. The molecule has 0 saturated heterocycles. The second-order valence-corrected chi connectivity index (χ2v) is 5.28. The zero-order valence-electron chi connectivity index (χ0n) is 12.8. The molecule has 0 unspecified atom stereocenters. The molecule has 0 fully saturated rings. The summed E-state index contributed by atoms with van der Waals surface area (Å²) in [6.07, 6.45) is 0.210. The highest BCUT2D eigenvalue weighted by atomic mass is 16.4. The third-order valence-electron chi connectivity index (χ3n) is 3.54. The number of carboxylic acid groups (broad SMARTS) is 1. The van der Waals surface area contributed by atoms with E-state index in [9.17, 15) is 9.59 Å². The number of hydrogen-bond donors (Lipinski definition) is 2. The number of nitrogens with zero attached hydrogens (tertiary/aromatic N) is 1. The van der Waals surface area contributed by atoms with Gasteiger partial charge in [0, 0.05) is 12.1 Å². The highest BCUT2D eigenvalue weighted by molar-refractivity contribution is 5.93. The van der Waals surface area contributed by atoms with Gasteiger partial charge < -0.3 is 15.7 Å². The van der Waals surface area contributed by atoms with Crippen molar-refractivity contribution in [3.63, 3.8) is 0 Å². The van der Waals surface area contributed by atoms with Crippen molar-refractivity contribution in [1.29, 1.82) is 0 Å². The van der Waals surface area contributed by atoms with Crippen LogP contribution in [0.3, 0.4) is 0 Å². The second kappa shape index (κ2) is 8.10. The maximum absolute atomic E-state index is 12.6. The van der Waals surface area contributed by atoms with Crippen LogP contribution in [0.25, 0.3) is 0 Å². The van der Waals surface area contributed by atoms with Crippen LogP contribution in [-0.4, -0.2) is 23.0 Å². The Labute approximate surface area is 135 Å². The lowest BCUT2D eigenvalue weighted by Gasteiger charge is -2.23. The molecule has 0 heterocycles. The molecule has 0 saturated carbocycles. The molecular formula is C18H20N2O3. The Morgan fingerprint density at radius 3 is 2.13 bits per heavy atom. The third kappa shape index (κ3) is 4.93. The Hall–Kier alpha value is -2.66. The Balaban J connectivity index is 2.13. The number of carbonyl (C=O) groups excluding carboxylic acids is 1. The van der Waals surface area contributed by atoms with Crippen molar-refractivity contribution >= 4 is 17.6 Å². The maximum atomic E-state index is 12.6. The number of hydrogen-bond acceptors (Lipinski definition) is 3. The van der Waals surface area contributed by atoms with E-state index < -0.39 is 12.0 Å². The van der Waals surface area contributed by atoms with Gasteiger partial charge in [-0.05, 0) is 24.1 Å². The van der Waals surface area contributed by atoms with Crippen LogP contribution in [0.15, 0.2) is 60.7 Å². The SMILES string of the molecule is N[C@@H](CCC(=O)N(Cc1ccccc1)c1ccccc1)C(=O)O. The van der Waals surface area contributed by atoms with Gasteiger partial charge in [0.05, 0.1) is 6.54 Å². The first-order chi connectivity index (χ1) is 11.1. The van der Waals surface area contributed by atoms with E-state index >= 15 is 0 Å². The van der Waals surface area contributed by atoms with Gasteiger partial charge in [0.25, 0.3) is 0 Å². The van der Waals surface area contributed by atoms with Crippen molar-refractivity contribution in [3.8, 4) is 0 Å². The lowest BCUT2D eigenvalue weighted by atomic mass is 10.1. The molecule has 5 heteroatoms. The van der Waals surface area contributed by atoms with Crippen LogP contribution in [0.2, 0.25) is 0 Å². The molecular weight excluding hydrogens is 292 g/mol. The van der Waals surface area contributed by atoms with E-state index in [2.05, 4.69) is 0 Å². The van der Waals surface area contributed by atoms with Crippen molar-refractivity contribution < 1.29 is 14.7 Å². The van der Waals surface area contributed by atoms with Crippen LogP contribution in [0, 0.1) is 0 Å². The number of rotatable bonds is 7. The molecule has 3 N–H and O–H groups in total. The number of benzene rings is 2. The van der Waals surface area contributed by atoms with E-state index in [1.165, 1.54) is 0 Å². The standard InChI is InChI=1S/C18H20N2O3/c19-16(18(22)23)11-12-17(21)20(15-9-5-2-6-10-15)13-14-7-3-1-4-8-14/h1-10,16H,11-13,19H2,(H,22,23)/t16-/m0/s1. The van der Waals surface area contributed by atoms with Crippen LogP contribution in [-0.2, 0) is 16.1 Å². The number of amides is 1. The van der Waals surface area contributed by atoms with Crippen LogP contribution < -0.4 is 10.6 Å². The van der Waals surface area contributed by atoms with E-state index in [4.69, 9.17) is 10.8 Å². The van der Waals surface area contributed by atoms with E-state index in [0.29, 0.717) is 6.54 Å². The summed E-state index contributed by atoms with van der Waals surface area (Å²) >= 11 is 0. The summed E-state index contributed by atoms with van der Waals surface area (Å²) < 4.78 is 0. The van der Waals surface area contributed by atoms with E-state index in [-0.39, 0.29) is 18.7 Å². The van der Waals surface area contributed by atoms with Gasteiger partial charge in [-0.3, -0.25) is 9.59 Å². The van der Waals surface area contributed by atoms with Crippen LogP contribution in [0.5, 0.6) is 0 Å². The van der Waals surface area contributed by atoms with Gasteiger partial charge in [-0.25, -0.2) is 0 Å². The second-order valence-electron chi connectivity index (χ2n) is 5.28. The smallest absolute Gasteiger partial charge is 0.320 e. The van der Waals surface area contributed by atoms with Crippen molar-refractivity contribution in [1.82, 2.24) is 0 Å². The first kappa shape index (κ1) is 16.7. The average Bonchev–Trinajstić information content (AvgIpc) is 2.58. The molecule has 0 aromatic heterocycles. The Bertz CT molecular complexity index is 644. The number of anilines is 1. The van der Waals surface area contributed by atoms with Gasteiger partial charge in [0.1, 0.15) is 6.04 Å². The molecule has 5 nitrogen and oxygen atoms in total. The number of nitrogens with two attached hydrogens (primary N) is 1. The van der Waals surface area contributed by atoms with E-state index in [0.717, 1.165) is 11.3 Å². The molecule has 0 aliphatic heterocycles. The zero-order valence-corrected chi connectivity index (χ0v) is 12.8. The van der Waals surface area contributed by atoms with E-state index in [1.54, 1.807) is 4.90 Å². The molecule has 0 bridgehead atoms. The van der Waals surface area contributed by atoms with Crippen LogP contribution in [0.4, 0.5) is 5.69 Å². The van der Waals surface area contributed by atoms with Gasteiger partial charge >= 0.3 is 5.97 Å². The largest absolute Gasteiger partial charge is 0.480 e. The summed E-state index contributed by atoms with van der Waals surface area (Å²) in [5.41, 5.74) is 7.28. The normalized spacial score (nSPS) is 11.7. The van der Waals surface area contributed by atoms with Gasteiger partial charge in [-0.1, -0.05) is 48.5 Å². The first-order valence-electron chi connectivity index (χ1n) is 7.45. The first-order valence-corrected chi connectivity index (χ1v) is 7.45. The number of aliphatic carboxylic acids is 1. The molecule has 0 aliphatic rings. The molecule has 1 amide bonds. The minimum Gasteiger partial charge on any atom is -0.480 e. The molecule has 2 aromatic rings. The van der Waals surface area contributed by atoms with Crippen molar-refractivity contribution in [2.45, 2.75) is 25.4 Å². The molecule has 0 aliphatic carbocycles. The fraction of sp³-hybridized carbons (Fsp3) is 0.222. The van der Waals surface area contributed by atoms with Gasteiger partial charge in [0.15, 0.2) is 0 Å². The third-order valence-corrected chi connectivity index (χ3v) is 3.54. The number of carboxylic acids is 1. The molecule has 0 spiro atoms. The van der Waals surface area contributed by atoms with Crippen molar-refractivity contribution in [3.05, 3.63) is 66.2 Å². The monoisotopic (exact) mass is 312 g/mol. The number of para-hydroxylation sites is 1. The predicted molar refractivity (Wildman–Crippen MR) is 88.9 cm³/mol. The number of carbonyl (C=O) groups is 2. The summed E-state index contributed by atoms with van der Waals surface area (Å²) in [7, 11) is 0. The lowest BCUT2D eigenvalue weighted by Crippen LogP contribution is -2.34. The average molecular weight is 312 g/mol. The molecule has 2 rings (SSSR count). The molecule has 0 radical (unpaired) electrons. The zero-order chi connectivity index (χ0) is 16.7. The van der Waals surface area contributed by atoms with Crippen molar-refractivity contribution in [2.75, 3.05) is 4.90 Å². The minimum absolute atomic E-state index is 0.0925. The van der Waals surface area contributed by atoms with Crippen LogP contribution in [0.1, 0.15) is 18.4 Å². The Morgan fingerprint density at radius 1 is 1.00 bits per heavy atom. The topological polar surface area (TPSA) is 83.6 Å². The van der Waals surface area contributed by atoms with Gasteiger partial charge in [0.2, 0.25) is 5.91 Å². The lowest BCUT2D eigenvalue weighted by molar-refractivity contribution is -0.138. The van der Waals surface area contributed by atoms with Gasteiger partial charge in [-0.2, -0.15) is 0 Å². The van der Waals surface area contributed by atoms with Crippen molar-refractivity contribution in [2.24, 2.45) is 5.73 Å². The summed E-state index contributed by atoms with van der Waals surface area (Å²) in [5.74, 6) is -1.23. The molecule has 120 valence electrons. The van der Waals surface area contributed by atoms with E-state index in [1.807, 2.05) is 60.7 Å². The molecule has 1 atom stereocenters. The fourth-order valence-electron chi connectivity index (χ4n) is 2.23. The molecule has 2 aromatic carbocycles. The summed E-state index contributed by atoms with van der Waals surface area (Å²) in [6, 6.07) is 18.0. The highest BCUT2D eigenvalue weighted by Gasteiger charge is 2.19. The summed E-state index contributed by atoms with van der Waals surface area (Å²) in [4.78, 5) is 25.0. The molecule has 23 heavy (non-hydrogen) atoms. The fourth-order valence-corrected chi connectivity index (χ4v) is 2.23. The van der Waals surface area contributed by atoms with Gasteiger partial charge in [-0.15, -0.1) is 0 Å². The minimum atomic E-state index is -1.09. The van der Waals surface area contributed by atoms with Crippen LogP contribution >= 0.6 is 0 Å². The Morgan fingerprint density at radius 2 is 1.57 bits per heavy atom. The maximum Gasteiger partial charge on any atom is 0.320 e. The highest BCUT2D eigenvalue weighted by Crippen LogP contribution is 2.18. The predicted octanol–water partition coefficient (Wildman–Crippen LogP) is 2.41.